The Balaban J connectivity index is 1.16. The fourth-order valence-corrected chi connectivity index (χ4v) is 6.53. The molecule has 3 aliphatic heterocycles. The molecule has 0 aromatic heterocycles. The van der Waals surface area contributed by atoms with Gasteiger partial charge in [0, 0.05) is 56.4 Å². The largest absolute Gasteiger partial charge is 0.303 e. The minimum Gasteiger partial charge on any atom is -0.303 e. The van der Waals surface area contributed by atoms with E-state index >= 15 is 0 Å². The molecule has 4 heteroatoms. The fraction of sp³-hybridized carbons (Fsp3) is 1.00. The molecule has 0 radical (unpaired) electrons. The summed E-state index contributed by atoms with van der Waals surface area (Å²) in [6.45, 7) is 26.0. The van der Waals surface area contributed by atoms with E-state index in [1.165, 1.54) is 91.0 Å². The molecule has 4 rings (SSSR count). The van der Waals surface area contributed by atoms with Gasteiger partial charge in [0.15, 0.2) is 0 Å². The van der Waals surface area contributed by atoms with E-state index in [0.29, 0.717) is 16.5 Å². The van der Waals surface area contributed by atoms with E-state index in [1.54, 1.807) is 0 Å². The molecule has 1 aliphatic carbocycles. The predicted molar refractivity (Wildman–Crippen MR) is 123 cm³/mol. The summed E-state index contributed by atoms with van der Waals surface area (Å²) < 4.78 is 0. The zero-order valence-corrected chi connectivity index (χ0v) is 20.3. The summed E-state index contributed by atoms with van der Waals surface area (Å²) in [5, 5.41) is 0. The summed E-state index contributed by atoms with van der Waals surface area (Å²) in [7, 11) is 0. The number of piperazine rings is 1. The minimum atomic E-state index is 0.336. The lowest BCUT2D eigenvalue weighted by Gasteiger charge is -2.57. The molecule has 4 nitrogen and oxygen atoms in total. The van der Waals surface area contributed by atoms with Crippen LogP contribution in [0.15, 0.2) is 0 Å². The van der Waals surface area contributed by atoms with Crippen LogP contribution in [0.1, 0.15) is 73.6 Å². The van der Waals surface area contributed by atoms with Gasteiger partial charge in [-0.3, -0.25) is 14.7 Å². The monoisotopic (exact) mass is 404 g/mol. The Hall–Kier alpha value is -0.160. The molecule has 0 amide bonds. The van der Waals surface area contributed by atoms with Crippen LogP contribution >= 0.6 is 0 Å². The molecule has 168 valence electrons. The third kappa shape index (κ3) is 5.02. The van der Waals surface area contributed by atoms with Crippen molar-refractivity contribution in [2.75, 3.05) is 58.9 Å². The first-order valence-electron chi connectivity index (χ1n) is 12.5. The van der Waals surface area contributed by atoms with Gasteiger partial charge in [-0.2, -0.15) is 0 Å². The van der Waals surface area contributed by atoms with Crippen molar-refractivity contribution in [3.05, 3.63) is 0 Å². The average Bonchev–Trinajstić information content (AvgIpc) is 3.09. The molecule has 29 heavy (non-hydrogen) atoms. The summed E-state index contributed by atoms with van der Waals surface area (Å²) in [5.41, 5.74) is 1.39. The van der Waals surface area contributed by atoms with Crippen LogP contribution in [0.3, 0.4) is 0 Å². The molecule has 3 heterocycles. The van der Waals surface area contributed by atoms with E-state index in [1.807, 2.05) is 0 Å². The molecule has 0 bridgehead atoms. The number of hydrogen-bond acceptors (Lipinski definition) is 4. The fourth-order valence-electron chi connectivity index (χ4n) is 6.53. The van der Waals surface area contributed by atoms with Crippen molar-refractivity contribution in [1.29, 1.82) is 0 Å². The van der Waals surface area contributed by atoms with E-state index in [-0.39, 0.29) is 0 Å². The highest BCUT2D eigenvalue weighted by molar-refractivity contribution is 5.02. The highest BCUT2D eigenvalue weighted by Gasteiger charge is 2.48. The van der Waals surface area contributed by atoms with Crippen LogP contribution in [-0.4, -0.2) is 95.6 Å². The van der Waals surface area contributed by atoms with Crippen molar-refractivity contribution in [3.8, 4) is 0 Å². The van der Waals surface area contributed by atoms with Crippen LogP contribution in [0.25, 0.3) is 0 Å². The smallest absolute Gasteiger partial charge is 0.0126 e. The van der Waals surface area contributed by atoms with Crippen LogP contribution in [0.2, 0.25) is 0 Å². The summed E-state index contributed by atoms with van der Waals surface area (Å²) in [4.78, 5) is 11.0. The summed E-state index contributed by atoms with van der Waals surface area (Å²) in [5.74, 6) is 0.900. The Bertz CT molecular complexity index is 536. The number of nitrogens with zero attached hydrogens (tertiary/aromatic N) is 4. The van der Waals surface area contributed by atoms with Crippen LogP contribution in [-0.2, 0) is 0 Å². The Morgan fingerprint density at radius 2 is 1.31 bits per heavy atom. The van der Waals surface area contributed by atoms with Gasteiger partial charge in [-0.25, -0.2) is 0 Å². The second-order valence-corrected chi connectivity index (χ2v) is 12.8. The molecule has 1 saturated carbocycles. The molecule has 1 unspecified atom stereocenters. The third-order valence-corrected chi connectivity index (χ3v) is 8.78. The van der Waals surface area contributed by atoms with E-state index in [4.69, 9.17) is 0 Å². The first kappa shape index (κ1) is 22.0. The highest BCUT2D eigenvalue weighted by Crippen LogP contribution is 2.51. The molecule has 3 saturated heterocycles. The number of hydrogen-bond donors (Lipinski definition) is 0. The van der Waals surface area contributed by atoms with E-state index in [9.17, 15) is 0 Å². The quantitative estimate of drug-likeness (QED) is 0.710. The highest BCUT2D eigenvalue weighted by atomic mass is 15.3. The van der Waals surface area contributed by atoms with Crippen LogP contribution in [0.4, 0.5) is 0 Å². The Kier molecular flexibility index (Phi) is 6.14. The molecule has 0 aromatic carbocycles. The maximum absolute atomic E-state index is 2.82. The lowest BCUT2D eigenvalue weighted by atomic mass is 9.60. The lowest BCUT2D eigenvalue weighted by molar-refractivity contribution is -0.0639. The zero-order valence-electron chi connectivity index (χ0n) is 20.3. The summed E-state index contributed by atoms with van der Waals surface area (Å²) in [6, 6.07) is 0.888. The number of rotatable bonds is 3. The van der Waals surface area contributed by atoms with E-state index in [0.717, 1.165) is 12.0 Å². The first-order valence-corrected chi connectivity index (χ1v) is 12.5. The van der Waals surface area contributed by atoms with Crippen LogP contribution in [0, 0.1) is 11.3 Å². The van der Waals surface area contributed by atoms with Gasteiger partial charge in [0.1, 0.15) is 0 Å². The normalized spacial score (nSPS) is 31.4. The topological polar surface area (TPSA) is 13.0 Å². The molecule has 4 aliphatic rings. The minimum absolute atomic E-state index is 0.336. The molecule has 1 spiro atoms. The summed E-state index contributed by atoms with van der Waals surface area (Å²) >= 11 is 0. The van der Waals surface area contributed by atoms with Gasteiger partial charge in [-0.05, 0) is 105 Å². The van der Waals surface area contributed by atoms with Crippen molar-refractivity contribution in [2.45, 2.75) is 90.8 Å². The van der Waals surface area contributed by atoms with E-state index < -0.39 is 0 Å². The van der Waals surface area contributed by atoms with Gasteiger partial charge in [0.05, 0.1) is 0 Å². The molecular formula is C25H48N4. The van der Waals surface area contributed by atoms with Gasteiger partial charge in [-0.15, -0.1) is 0 Å². The van der Waals surface area contributed by atoms with Crippen LogP contribution < -0.4 is 0 Å². The zero-order chi connectivity index (χ0) is 20.9. The molecule has 1 atom stereocenters. The average molecular weight is 405 g/mol. The lowest BCUT2D eigenvalue weighted by Crippen LogP contribution is -2.61. The second kappa shape index (κ2) is 8.07. The standard InChI is InChI=1S/C25H48N4/c1-23(2,3)28-15-13-27(14-16-28)22-17-25(18-22)8-11-26(12-9-25)19-21-7-10-29(20-21)24(4,5)6/h21-22H,7-20H2,1-6H3. The SMILES string of the molecule is CC(C)(C)N1CCN(C2CC3(CCN(CC4CCN(C(C)(C)C)C4)CC3)C2)CC1. The Morgan fingerprint density at radius 3 is 1.83 bits per heavy atom. The van der Waals surface area contributed by atoms with Gasteiger partial charge < -0.3 is 4.90 Å². The molecule has 0 aromatic rings. The van der Waals surface area contributed by atoms with Crippen molar-refractivity contribution in [2.24, 2.45) is 11.3 Å². The molecular weight excluding hydrogens is 356 g/mol. The molecule has 4 fully saturated rings. The van der Waals surface area contributed by atoms with Gasteiger partial charge in [0.2, 0.25) is 0 Å². The van der Waals surface area contributed by atoms with Gasteiger partial charge >= 0.3 is 0 Å². The van der Waals surface area contributed by atoms with Crippen molar-refractivity contribution < 1.29 is 0 Å². The summed E-state index contributed by atoms with van der Waals surface area (Å²) in [6.07, 6.45) is 7.29. The first-order chi connectivity index (χ1) is 13.5. The maximum atomic E-state index is 2.82. The van der Waals surface area contributed by atoms with E-state index in [2.05, 4.69) is 61.1 Å². The van der Waals surface area contributed by atoms with Crippen molar-refractivity contribution in [1.82, 2.24) is 19.6 Å². The number of piperidine rings is 1. The molecule has 0 N–H and O–H groups in total. The van der Waals surface area contributed by atoms with Gasteiger partial charge in [-0.1, -0.05) is 0 Å². The third-order valence-electron chi connectivity index (χ3n) is 8.78. The van der Waals surface area contributed by atoms with Gasteiger partial charge in [0.25, 0.3) is 0 Å². The van der Waals surface area contributed by atoms with Crippen molar-refractivity contribution >= 4 is 0 Å². The number of likely N-dealkylation sites (tertiary alicyclic amines) is 2. The Morgan fingerprint density at radius 1 is 0.724 bits per heavy atom. The maximum Gasteiger partial charge on any atom is 0.0126 e. The van der Waals surface area contributed by atoms with Crippen molar-refractivity contribution in [3.63, 3.8) is 0 Å². The van der Waals surface area contributed by atoms with Crippen LogP contribution in [0.5, 0.6) is 0 Å². The predicted octanol–water partition coefficient (Wildman–Crippen LogP) is 3.77. The Labute approximate surface area is 181 Å². The second-order valence-electron chi connectivity index (χ2n) is 12.8.